The molecule has 1 heteroatoms. The van der Waals surface area contributed by atoms with Gasteiger partial charge in [0.05, 0.1) is 11.4 Å². The standard InChI is InChI=1S/C27H33N/c1-2-24(14-26-20-6-16-4-17(8-20)9-21(26)7-16)28-25(3-1)15-27-22-10-18-5-19(12-22)13-23(27)11-18/h1-3,14-23H,4-13H2. The highest BCUT2D eigenvalue weighted by atomic mass is 14.7. The fourth-order valence-electron chi connectivity index (χ4n) is 8.90. The zero-order valence-electron chi connectivity index (χ0n) is 17.0. The number of hydrogen-bond donors (Lipinski definition) is 0. The third kappa shape index (κ3) is 2.61. The second-order valence-corrected chi connectivity index (χ2v) is 11.4. The van der Waals surface area contributed by atoms with Crippen molar-refractivity contribution in [3.05, 3.63) is 40.7 Å². The van der Waals surface area contributed by atoms with Crippen molar-refractivity contribution in [1.82, 2.24) is 4.98 Å². The quantitative estimate of drug-likeness (QED) is 0.559. The molecule has 1 aromatic heterocycles. The molecule has 1 nitrogen and oxygen atoms in total. The Balaban J connectivity index is 1.18. The number of hydrogen-bond acceptors (Lipinski definition) is 1. The van der Waals surface area contributed by atoms with Crippen molar-refractivity contribution < 1.29 is 0 Å². The van der Waals surface area contributed by atoms with Gasteiger partial charge in [0.25, 0.3) is 0 Å². The van der Waals surface area contributed by atoms with Crippen molar-refractivity contribution in [2.24, 2.45) is 47.3 Å². The summed E-state index contributed by atoms with van der Waals surface area (Å²) in [6.45, 7) is 0. The van der Waals surface area contributed by atoms with Crippen LogP contribution in [-0.4, -0.2) is 4.98 Å². The van der Waals surface area contributed by atoms with E-state index in [0.717, 1.165) is 47.3 Å². The van der Waals surface area contributed by atoms with Gasteiger partial charge in [0.2, 0.25) is 0 Å². The third-order valence-electron chi connectivity index (χ3n) is 9.58. The van der Waals surface area contributed by atoms with Crippen molar-refractivity contribution in [2.75, 3.05) is 0 Å². The zero-order chi connectivity index (χ0) is 18.2. The van der Waals surface area contributed by atoms with Crippen molar-refractivity contribution in [3.63, 3.8) is 0 Å². The largest absolute Gasteiger partial charge is 0.249 e. The van der Waals surface area contributed by atoms with Gasteiger partial charge in [0, 0.05) is 0 Å². The van der Waals surface area contributed by atoms with E-state index in [2.05, 4.69) is 30.4 Å². The summed E-state index contributed by atoms with van der Waals surface area (Å²) in [5.41, 5.74) is 5.97. The summed E-state index contributed by atoms with van der Waals surface area (Å²) in [4.78, 5) is 5.12. The molecule has 28 heavy (non-hydrogen) atoms. The summed E-state index contributed by atoms with van der Waals surface area (Å²) < 4.78 is 0. The van der Waals surface area contributed by atoms with Crippen LogP contribution in [0.2, 0.25) is 0 Å². The molecule has 0 amide bonds. The van der Waals surface area contributed by atoms with Gasteiger partial charge in [-0.2, -0.15) is 0 Å². The Kier molecular flexibility index (Phi) is 3.56. The van der Waals surface area contributed by atoms with Gasteiger partial charge in [0.15, 0.2) is 0 Å². The van der Waals surface area contributed by atoms with Crippen LogP contribution in [0.5, 0.6) is 0 Å². The van der Waals surface area contributed by atoms with Crippen molar-refractivity contribution in [1.29, 1.82) is 0 Å². The second-order valence-electron chi connectivity index (χ2n) is 11.4. The Labute approximate surface area is 169 Å². The Morgan fingerprint density at radius 3 is 1.25 bits per heavy atom. The highest BCUT2D eigenvalue weighted by Gasteiger charge is 2.46. The average molecular weight is 372 g/mol. The highest BCUT2D eigenvalue weighted by molar-refractivity contribution is 5.57. The number of rotatable bonds is 2. The lowest BCUT2D eigenvalue weighted by Gasteiger charge is -2.51. The minimum atomic E-state index is 0.879. The molecule has 9 rings (SSSR count). The van der Waals surface area contributed by atoms with Crippen LogP contribution < -0.4 is 0 Å². The van der Waals surface area contributed by atoms with Gasteiger partial charge >= 0.3 is 0 Å². The van der Waals surface area contributed by atoms with Crippen LogP contribution in [0.4, 0.5) is 0 Å². The molecule has 0 atom stereocenters. The van der Waals surface area contributed by atoms with E-state index in [0.29, 0.717) is 0 Å². The van der Waals surface area contributed by atoms with Crippen LogP contribution in [-0.2, 0) is 0 Å². The van der Waals surface area contributed by atoms with E-state index in [9.17, 15) is 0 Å². The molecule has 0 N–H and O–H groups in total. The smallest absolute Gasteiger partial charge is 0.0636 e. The van der Waals surface area contributed by atoms with E-state index in [1.54, 1.807) is 11.1 Å². The molecule has 0 saturated heterocycles. The van der Waals surface area contributed by atoms with Gasteiger partial charge in [-0.3, -0.25) is 0 Å². The van der Waals surface area contributed by atoms with E-state index in [1.165, 1.54) is 75.6 Å². The molecule has 0 unspecified atom stereocenters. The molecular weight excluding hydrogens is 338 g/mol. The van der Waals surface area contributed by atoms with Crippen LogP contribution >= 0.6 is 0 Å². The van der Waals surface area contributed by atoms with Crippen molar-refractivity contribution in [3.8, 4) is 0 Å². The molecule has 8 aliphatic rings. The molecule has 1 heterocycles. The Morgan fingerprint density at radius 1 is 0.536 bits per heavy atom. The lowest BCUT2D eigenvalue weighted by atomic mass is 9.54. The first-order chi connectivity index (χ1) is 13.8. The molecule has 8 aliphatic carbocycles. The van der Waals surface area contributed by atoms with Crippen LogP contribution in [0, 0.1) is 47.3 Å². The molecule has 0 aliphatic heterocycles. The highest BCUT2D eigenvalue weighted by Crippen LogP contribution is 2.57. The molecule has 1 aromatic rings. The number of pyridine rings is 1. The van der Waals surface area contributed by atoms with E-state index >= 15 is 0 Å². The zero-order valence-corrected chi connectivity index (χ0v) is 17.0. The summed E-state index contributed by atoms with van der Waals surface area (Å²) in [6.07, 6.45) is 19.8. The van der Waals surface area contributed by atoms with E-state index in [4.69, 9.17) is 4.98 Å². The normalized spacial score (nSPS) is 45.0. The monoisotopic (exact) mass is 371 g/mol. The third-order valence-corrected chi connectivity index (χ3v) is 9.58. The minimum Gasteiger partial charge on any atom is -0.249 e. The van der Waals surface area contributed by atoms with E-state index in [-0.39, 0.29) is 0 Å². The molecule has 8 fully saturated rings. The summed E-state index contributed by atoms with van der Waals surface area (Å²) >= 11 is 0. The van der Waals surface area contributed by atoms with Crippen LogP contribution in [0.3, 0.4) is 0 Å². The minimum absolute atomic E-state index is 0.879. The summed E-state index contributed by atoms with van der Waals surface area (Å²) in [6, 6.07) is 6.74. The molecule has 8 saturated carbocycles. The Morgan fingerprint density at radius 2 is 0.893 bits per heavy atom. The molecule has 0 aromatic carbocycles. The van der Waals surface area contributed by atoms with Gasteiger partial charge in [-0.1, -0.05) is 17.2 Å². The Hall–Kier alpha value is -1.37. The predicted molar refractivity (Wildman–Crippen MR) is 114 cm³/mol. The number of nitrogens with zero attached hydrogens (tertiary/aromatic N) is 1. The Bertz CT molecular complexity index is 732. The fourth-order valence-corrected chi connectivity index (χ4v) is 8.90. The maximum absolute atomic E-state index is 5.12. The topological polar surface area (TPSA) is 12.9 Å². The molecule has 0 radical (unpaired) electrons. The number of allylic oxidation sites excluding steroid dienone is 2. The fraction of sp³-hybridized carbons (Fsp3) is 0.667. The SMILES string of the molecule is C(=C1C2CC3CC(C2)CC1C3)c1cccc(C=C2C3CC4CC(C3)CC2C4)n1. The van der Waals surface area contributed by atoms with Crippen LogP contribution in [0.1, 0.15) is 75.6 Å². The number of aromatic nitrogens is 1. The molecule has 146 valence electrons. The average Bonchev–Trinajstić information content (AvgIpc) is 2.67. The van der Waals surface area contributed by atoms with E-state index in [1.807, 2.05) is 0 Å². The molecule has 8 bridgehead atoms. The lowest BCUT2D eigenvalue weighted by molar-refractivity contribution is 0.0710. The first-order valence-electron chi connectivity index (χ1n) is 12.2. The summed E-state index contributed by atoms with van der Waals surface area (Å²) in [5, 5.41) is 0. The second kappa shape index (κ2) is 6.07. The summed E-state index contributed by atoms with van der Waals surface area (Å²) in [7, 11) is 0. The van der Waals surface area contributed by atoms with Gasteiger partial charge < -0.3 is 0 Å². The van der Waals surface area contributed by atoms with Crippen molar-refractivity contribution in [2.45, 2.75) is 64.2 Å². The first-order valence-corrected chi connectivity index (χ1v) is 12.2. The molecule has 0 spiro atoms. The summed E-state index contributed by atoms with van der Waals surface area (Å²) in [5.74, 6) is 7.69. The molecular formula is C27H33N. The van der Waals surface area contributed by atoms with E-state index < -0.39 is 0 Å². The maximum Gasteiger partial charge on any atom is 0.0636 e. The van der Waals surface area contributed by atoms with Crippen LogP contribution in [0.25, 0.3) is 12.2 Å². The van der Waals surface area contributed by atoms with Gasteiger partial charge in [-0.25, -0.2) is 4.98 Å². The van der Waals surface area contributed by atoms with Gasteiger partial charge in [-0.15, -0.1) is 0 Å². The van der Waals surface area contributed by atoms with Crippen molar-refractivity contribution >= 4 is 12.2 Å². The predicted octanol–water partition coefficient (Wildman–Crippen LogP) is 6.76. The van der Waals surface area contributed by atoms with Gasteiger partial charge in [-0.05, 0) is 136 Å². The maximum atomic E-state index is 5.12. The van der Waals surface area contributed by atoms with Crippen LogP contribution in [0.15, 0.2) is 29.3 Å². The first kappa shape index (κ1) is 16.4. The lowest BCUT2D eigenvalue weighted by Crippen LogP contribution is -2.40. The van der Waals surface area contributed by atoms with Gasteiger partial charge in [0.1, 0.15) is 0 Å².